The number of nitrogens with one attached hydrogen (secondary N) is 2. The first-order valence-corrected chi connectivity index (χ1v) is 9.11. The van der Waals surface area contributed by atoms with E-state index >= 15 is 0 Å². The lowest BCUT2D eigenvalue weighted by Gasteiger charge is -2.07. The topological polar surface area (TPSA) is 105 Å². The molecule has 0 aliphatic rings. The minimum Gasteiger partial charge on any atom is -0.293 e. The monoisotopic (exact) mass is 359 g/mol. The molecule has 25 heavy (non-hydrogen) atoms. The quantitative estimate of drug-likeness (QED) is 0.721. The largest absolute Gasteiger partial charge is 0.293 e. The Morgan fingerprint density at radius 3 is 2.72 bits per heavy atom. The van der Waals surface area contributed by atoms with Crippen molar-refractivity contribution in [2.45, 2.75) is 18.7 Å². The van der Waals surface area contributed by atoms with Crippen molar-refractivity contribution >= 4 is 27.5 Å². The standard InChI is InChI=1S/C16H17N5O3S/c1-3-17-25(23,24)14-6-4-5-12(9-14)13-7-8-15-19-16(18-11(2)22)20-21(15)10-13/h4-10,17H,3H2,1-2H3,(H,18,20,22). The fraction of sp³-hybridized carbons (Fsp3) is 0.188. The maximum atomic E-state index is 12.2. The van der Waals surface area contributed by atoms with Crippen LogP contribution in [0, 0.1) is 0 Å². The van der Waals surface area contributed by atoms with Crippen LogP contribution in [0.15, 0.2) is 47.5 Å². The number of carbonyl (C=O) groups is 1. The van der Waals surface area contributed by atoms with E-state index in [0.717, 1.165) is 11.1 Å². The maximum Gasteiger partial charge on any atom is 0.249 e. The van der Waals surface area contributed by atoms with Crippen molar-refractivity contribution in [3.8, 4) is 11.1 Å². The molecule has 1 amide bonds. The van der Waals surface area contributed by atoms with Gasteiger partial charge in [0.05, 0.1) is 4.90 Å². The minimum atomic E-state index is -3.52. The maximum absolute atomic E-state index is 12.2. The number of carbonyl (C=O) groups excluding carboxylic acids is 1. The summed E-state index contributed by atoms with van der Waals surface area (Å²) in [5.74, 6) is -0.0365. The van der Waals surface area contributed by atoms with Crippen LogP contribution in [0.5, 0.6) is 0 Å². The Balaban J connectivity index is 2.00. The molecule has 2 heterocycles. The van der Waals surface area contributed by atoms with Crippen LogP contribution in [0.3, 0.4) is 0 Å². The van der Waals surface area contributed by atoms with Gasteiger partial charge in [-0.3, -0.25) is 10.1 Å². The fourth-order valence-electron chi connectivity index (χ4n) is 2.38. The number of pyridine rings is 1. The van der Waals surface area contributed by atoms with Crippen LogP contribution in [0.4, 0.5) is 5.95 Å². The smallest absolute Gasteiger partial charge is 0.249 e. The lowest BCUT2D eigenvalue weighted by atomic mass is 10.1. The zero-order valence-corrected chi connectivity index (χ0v) is 14.5. The predicted octanol–water partition coefficient (Wildman–Crippen LogP) is 1.65. The van der Waals surface area contributed by atoms with Gasteiger partial charge in [-0.2, -0.15) is 4.98 Å². The van der Waals surface area contributed by atoms with Crippen LogP contribution < -0.4 is 10.0 Å². The Hall–Kier alpha value is -2.78. The van der Waals surface area contributed by atoms with E-state index in [4.69, 9.17) is 0 Å². The molecule has 0 radical (unpaired) electrons. The van der Waals surface area contributed by atoms with Gasteiger partial charge < -0.3 is 0 Å². The molecule has 0 spiro atoms. The Morgan fingerprint density at radius 2 is 2.00 bits per heavy atom. The van der Waals surface area contributed by atoms with Crippen LogP contribution in [-0.2, 0) is 14.8 Å². The summed E-state index contributed by atoms with van der Waals surface area (Å²) in [4.78, 5) is 15.5. The summed E-state index contributed by atoms with van der Waals surface area (Å²) in [5, 5.41) is 6.71. The van der Waals surface area contributed by atoms with Crippen molar-refractivity contribution in [3.05, 3.63) is 42.6 Å². The second-order valence-electron chi connectivity index (χ2n) is 5.37. The van der Waals surface area contributed by atoms with E-state index in [9.17, 15) is 13.2 Å². The first-order valence-electron chi connectivity index (χ1n) is 7.63. The summed E-state index contributed by atoms with van der Waals surface area (Å²) in [6.07, 6.45) is 1.73. The lowest BCUT2D eigenvalue weighted by molar-refractivity contribution is -0.114. The van der Waals surface area contributed by atoms with Gasteiger partial charge in [0.1, 0.15) is 0 Å². The van der Waals surface area contributed by atoms with Gasteiger partial charge in [-0.05, 0) is 29.8 Å². The molecule has 0 bridgehead atoms. The average Bonchev–Trinajstić information content (AvgIpc) is 2.95. The summed E-state index contributed by atoms with van der Waals surface area (Å²) < 4.78 is 28.3. The molecule has 0 unspecified atom stereocenters. The van der Waals surface area contributed by atoms with Gasteiger partial charge >= 0.3 is 0 Å². The molecule has 0 fully saturated rings. The molecule has 3 rings (SSSR count). The zero-order valence-electron chi connectivity index (χ0n) is 13.7. The number of aromatic nitrogens is 3. The van der Waals surface area contributed by atoms with E-state index in [1.807, 2.05) is 12.1 Å². The number of rotatable bonds is 5. The molecule has 8 nitrogen and oxygen atoms in total. The third-order valence-electron chi connectivity index (χ3n) is 3.43. The van der Waals surface area contributed by atoms with E-state index in [0.29, 0.717) is 12.2 Å². The highest BCUT2D eigenvalue weighted by atomic mass is 32.2. The first-order chi connectivity index (χ1) is 11.9. The van der Waals surface area contributed by atoms with E-state index in [1.165, 1.54) is 11.4 Å². The Bertz CT molecular complexity index is 1040. The molecule has 0 aliphatic carbocycles. The SMILES string of the molecule is CCNS(=O)(=O)c1cccc(-c2ccc3nc(NC(C)=O)nn3c2)c1. The number of amides is 1. The molecule has 130 valence electrons. The molecule has 9 heteroatoms. The number of hydrogen-bond acceptors (Lipinski definition) is 5. The number of sulfonamides is 1. The summed E-state index contributed by atoms with van der Waals surface area (Å²) >= 11 is 0. The molecule has 0 saturated carbocycles. The molecule has 0 atom stereocenters. The molecule has 0 saturated heterocycles. The van der Waals surface area contributed by atoms with Gasteiger partial charge in [0.25, 0.3) is 0 Å². The highest BCUT2D eigenvalue weighted by molar-refractivity contribution is 7.89. The van der Waals surface area contributed by atoms with Crippen molar-refractivity contribution in [3.63, 3.8) is 0 Å². The van der Waals surface area contributed by atoms with Crippen molar-refractivity contribution < 1.29 is 13.2 Å². The van der Waals surface area contributed by atoms with Crippen LogP contribution in [0.2, 0.25) is 0 Å². The zero-order chi connectivity index (χ0) is 18.0. The summed E-state index contributed by atoms with van der Waals surface area (Å²) in [7, 11) is -3.52. The second kappa shape index (κ2) is 6.61. The van der Waals surface area contributed by atoms with Gasteiger partial charge in [0.15, 0.2) is 5.65 Å². The van der Waals surface area contributed by atoms with Crippen molar-refractivity contribution in [2.75, 3.05) is 11.9 Å². The fourth-order valence-corrected chi connectivity index (χ4v) is 3.47. The van der Waals surface area contributed by atoms with E-state index < -0.39 is 10.0 Å². The molecule has 3 aromatic rings. The third kappa shape index (κ3) is 3.67. The van der Waals surface area contributed by atoms with Crippen LogP contribution in [0.1, 0.15) is 13.8 Å². The Kier molecular flexibility index (Phi) is 4.51. The Labute approximate surface area is 144 Å². The van der Waals surface area contributed by atoms with E-state index in [2.05, 4.69) is 20.1 Å². The van der Waals surface area contributed by atoms with Crippen LogP contribution in [-0.4, -0.2) is 35.5 Å². The van der Waals surface area contributed by atoms with Crippen molar-refractivity contribution in [2.24, 2.45) is 0 Å². The highest BCUT2D eigenvalue weighted by Gasteiger charge is 2.14. The van der Waals surface area contributed by atoms with Gasteiger partial charge in [0, 0.05) is 25.2 Å². The average molecular weight is 359 g/mol. The van der Waals surface area contributed by atoms with Crippen molar-refractivity contribution in [1.82, 2.24) is 19.3 Å². The Morgan fingerprint density at radius 1 is 1.20 bits per heavy atom. The predicted molar refractivity (Wildman–Crippen MR) is 93.6 cm³/mol. The van der Waals surface area contributed by atoms with E-state index in [-0.39, 0.29) is 16.8 Å². The molecule has 2 N–H and O–H groups in total. The van der Waals surface area contributed by atoms with Crippen molar-refractivity contribution in [1.29, 1.82) is 0 Å². The molecule has 2 aromatic heterocycles. The molecular formula is C16H17N5O3S. The van der Waals surface area contributed by atoms with Gasteiger partial charge in [-0.1, -0.05) is 19.1 Å². The molecular weight excluding hydrogens is 342 g/mol. The third-order valence-corrected chi connectivity index (χ3v) is 4.97. The first kappa shape index (κ1) is 17.1. The van der Waals surface area contributed by atoms with Gasteiger partial charge in [0.2, 0.25) is 21.9 Å². The minimum absolute atomic E-state index is 0.199. The number of benzene rings is 1. The van der Waals surface area contributed by atoms with Gasteiger partial charge in [-0.25, -0.2) is 17.7 Å². The summed E-state index contributed by atoms with van der Waals surface area (Å²) in [5.41, 5.74) is 2.08. The second-order valence-corrected chi connectivity index (χ2v) is 7.13. The summed E-state index contributed by atoms with van der Waals surface area (Å²) in [6.45, 7) is 3.43. The number of anilines is 1. The number of fused-ring (bicyclic) bond motifs is 1. The lowest BCUT2D eigenvalue weighted by Crippen LogP contribution is -2.23. The molecule has 0 aliphatic heterocycles. The number of hydrogen-bond donors (Lipinski definition) is 2. The highest BCUT2D eigenvalue weighted by Crippen LogP contribution is 2.23. The molecule has 1 aromatic carbocycles. The summed E-state index contributed by atoms with van der Waals surface area (Å²) in [6, 6.07) is 10.2. The van der Waals surface area contributed by atoms with Crippen LogP contribution >= 0.6 is 0 Å². The van der Waals surface area contributed by atoms with Crippen LogP contribution in [0.25, 0.3) is 16.8 Å². The van der Waals surface area contributed by atoms with E-state index in [1.54, 1.807) is 37.4 Å². The van der Waals surface area contributed by atoms with Gasteiger partial charge in [-0.15, -0.1) is 5.10 Å². The number of nitrogens with zero attached hydrogens (tertiary/aromatic N) is 3. The normalized spacial score (nSPS) is 11.6.